The molecule has 0 saturated carbocycles. The molecule has 0 aliphatic carbocycles. The van der Waals surface area contributed by atoms with Gasteiger partial charge in [0, 0.05) is 5.56 Å². The quantitative estimate of drug-likeness (QED) is 0.204. The van der Waals surface area contributed by atoms with Gasteiger partial charge >= 0.3 is 0 Å². The first-order valence-corrected chi connectivity index (χ1v) is 11.7. The molecule has 32 heavy (non-hydrogen) atoms. The second kappa shape index (κ2) is 12.7. The van der Waals surface area contributed by atoms with Crippen molar-refractivity contribution in [1.82, 2.24) is 0 Å². The third kappa shape index (κ3) is 7.56. The van der Waals surface area contributed by atoms with Crippen LogP contribution in [0.1, 0.15) is 68.3 Å². The zero-order valence-corrected chi connectivity index (χ0v) is 19.3. The second-order valence-electron chi connectivity index (χ2n) is 8.21. The number of Topliss-reactive ketones (excluding diaryl/α,β-unsaturated/α-hetero) is 1. The summed E-state index contributed by atoms with van der Waals surface area (Å²) in [6, 6.07) is 23.9. The molecule has 3 rings (SSSR count). The van der Waals surface area contributed by atoms with Gasteiger partial charge in [0.2, 0.25) is 0 Å². The highest BCUT2D eigenvalue weighted by molar-refractivity contribution is 5.94. The molecule has 0 aliphatic heterocycles. The van der Waals surface area contributed by atoms with Crippen LogP contribution in [-0.4, -0.2) is 12.4 Å². The van der Waals surface area contributed by atoms with E-state index in [1.165, 1.54) is 32.1 Å². The highest BCUT2D eigenvalue weighted by Gasteiger charge is 2.03. The van der Waals surface area contributed by atoms with Gasteiger partial charge in [0.05, 0.1) is 6.61 Å². The fourth-order valence-corrected chi connectivity index (χ4v) is 3.56. The van der Waals surface area contributed by atoms with Gasteiger partial charge in [-0.3, -0.25) is 4.79 Å². The highest BCUT2D eigenvalue weighted by atomic mass is 16.5. The van der Waals surface area contributed by atoms with Crippen LogP contribution in [0.4, 0.5) is 0 Å². The minimum atomic E-state index is 0.0745. The molecule has 0 spiro atoms. The van der Waals surface area contributed by atoms with Crippen LogP contribution >= 0.6 is 0 Å². The van der Waals surface area contributed by atoms with Gasteiger partial charge in [0.1, 0.15) is 18.1 Å². The maximum absolute atomic E-state index is 11.4. The van der Waals surface area contributed by atoms with E-state index < -0.39 is 0 Å². The first-order valence-electron chi connectivity index (χ1n) is 11.7. The predicted octanol–water partition coefficient (Wildman–Crippen LogP) is 7.87. The number of hydrogen-bond donors (Lipinski definition) is 0. The minimum Gasteiger partial charge on any atom is -0.494 e. The molecule has 3 nitrogen and oxygen atoms in total. The minimum absolute atomic E-state index is 0.0745. The maximum atomic E-state index is 11.4. The number of hydrogen-bond acceptors (Lipinski definition) is 3. The zero-order valence-electron chi connectivity index (χ0n) is 19.3. The summed E-state index contributed by atoms with van der Waals surface area (Å²) in [6.45, 7) is 5.08. The number of unbranched alkanes of at least 4 members (excludes halogenated alkanes) is 5. The van der Waals surface area contributed by atoms with Crippen molar-refractivity contribution in [2.24, 2.45) is 0 Å². The first kappa shape index (κ1) is 23.6. The van der Waals surface area contributed by atoms with Gasteiger partial charge in [-0.2, -0.15) is 0 Å². The normalized spacial score (nSPS) is 10.7. The van der Waals surface area contributed by atoms with Crippen LogP contribution in [0, 0.1) is 0 Å². The molecular weight excluding hydrogens is 396 g/mol. The molecule has 0 aromatic heterocycles. The Kier molecular flexibility index (Phi) is 9.37. The molecule has 0 bridgehead atoms. The topological polar surface area (TPSA) is 35.5 Å². The Balaban J connectivity index is 1.44. The summed E-state index contributed by atoms with van der Waals surface area (Å²) in [7, 11) is 0. The zero-order chi connectivity index (χ0) is 22.6. The summed E-state index contributed by atoms with van der Waals surface area (Å²) in [4.78, 5) is 11.4. The maximum Gasteiger partial charge on any atom is 0.159 e. The number of ether oxygens (including phenoxy) is 2. The Morgan fingerprint density at radius 1 is 0.656 bits per heavy atom. The van der Waals surface area contributed by atoms with Crippen molar-refractivity contribution in [2.45, 2.75) is 59.0 Å². The summed E-state index contributed by atoms with van der Waals surface area (Å²) < 4.78 is 11.8. The lowest BCUT2D eigenvalue weighted by Gasteiger charge is -2.09. The highest BCUT2D eigenvalue weighted by Crippen LogP contribution is 2.25. The van der Waals surface area contributed by atoms with Crippen LogP contribution in [-0.2, 0) is 6.61 Å². The van der Waals surface area contributed by atoms with Crippen molar-refractivity contribution in [3.05, 3.63) is 83.9 Å². The lowest BCUT2D eigenvalue weighted by molar-refractivity contribution is 0.101. The van der Waals surface area contributed by atoms with Crippen molar-refractivity contribution in [3.63, 3.8) is 0 Å². The van der Waals surface area contributed by atoms with Crippen molar-refractivity contribution in [3.8, 4) is 22.6 Å². The van der Waals surface area contributed by atoms with E-state index in [-0.39, 0.29) is 5.78 Å². The van der Waals surface area contributed by atoms with E-state index in [1.54, 1.807) is 6.92 Å². The molecule has 0 amide bonds. The summed E-state index contributed by atoms with van der Waals surface area (Å²) >= 11 is 0. The average molecular weight is 431 g/mol. The number of carbonyl (C=O) groups is 1. The van der Waals surface area contributed by atoms with Crippen LogP contribution in [0.3, 0.4) is 0 Å². The van der Waals surface area contributed by atoms with Crippen LogP contribution in [0.15, 0.2) is 72.8 Å². The average Bonchev–Trinajstić information content (AvgIpc) is 2.83. The molecule has 3 heteroatoms. The second-order valence-corrected chi connectivity index (χ2v) is 8.21. The van der Waals surface area contributed by atoms with Gasteiger partial charge < -0.3 is 9.47 Å². The molecule has 0 heterocycles. The molecule has 0 aliphatic rings. The van der Waals surface area contributed by atoms with Gasteiger partial charge in [0.25, 0.3) is 0 Å². The van der Waals surface area contributed by atoms with Gasteiger partial charge in [-0.15, -0.1) is 0 Å². The van der Waals surface area contributed by atoms with E-state index >= 15 is 0 Å². The lowest BCUT2D eigenvalue weighted by Crippen LogP contribution is -1.97. The van der Waals surface area contributed by atoms with Gasteiger partial charge in [-0.05, 0) is 54.3 Å². The Bertz CT molecular complexity index is 941. The fraction of sp³-hybridized carbons (Fsp3) is 0.345. The smallest absolute Gasteiger partial charge is 0.159 e. The van der Waals surface area contributed by atoms with Crippen molar-refractivity contribution >= 4 is 5.78 Å². The summed E-state index contributed by atoms with van der Waals surface area (Å²) in [5, 5.41) is 0. The Morgan fingerprint density at radius 3 is 1.75 bits per heavy atom. The van der Waals surface area contributed by atoms with Crippen molar-refractivity contribution in [2.75, 3.05) is 6.61 Å². The largest absolute Gasteiger partial charge is 0.494 e. The number of benzene rings is 3. The van der Waals surface area contributed by atoms with E-state index in [0.29, 0.717) is 6.61 Å². The monoisotopic (exact) mass is 430 g/mol. The first-order chi connectivity index (χ1) is 15.7. The Labute approximate surface area is 192 Å². The van der Waals surface area contributed by atoms with Crippen LogP contribution < -0.4 is 9.47 Å². The molecular formula is C29H34O3. The number of rotatable bonds is 13. The van der Waals surface area contributed by atoms with Crippen molar-refractivity contribution in [1.29, 1.82) is 0 Å². The van der Waals surface area contributed by atoms with Gasteiger partial charge in [0.15, 0.2) is 5.78 Å². The Morgan fingerprint density at radius 2 is 1.19 bits per heavy atom. The molecule has 0 fully saturated rings. The van der Waals surface area contributed by atoms with Crippen LogP contribution in [0.2, 0.25) is 0 Å². The summed E-state index contributed by atoms with van der Waals surface area (Å²) in [5.41, 5.74) is 4.06. The molecule has 0 unspecified atom stereocenters. The molecule has 3 aromatic rings. The molecule has 0 saturated heterocycles. The van der Waals surface area contributed by atoms with E-state index in [0.717, 1.165) is 46.8 Å². The van der Waals surface area contributed by atoms with Crippen LogP contribution in [0.5, 0.6) is 11.5 Å². The summed E-state index contributed by atoms with van der Waals surface area (Å²) in [5.74, 6) is 1.83. The van der Waals surface area contributed by atoms with Gasteiger partial charge in [-0.25, -0.2) is 0 Å². The van der Waals surface area contributed by atoms with E-state index in [2.05, 4.69) is 31.2 Å². The molecule has 168 valence electrons. The molecule has 0 N–H and O–H groups in total. The van der Waals surface area contributed by atoms with E-state index in [4.69, 9.17) is 9.47 Å². The van der Waals surface area contributed by atoms with E-state index in [1.807, 2.05) is 48.5 Å². The molecule has 0 radical (unpaired) electrons. The number of carbonyl (C=O) groups excluding carboxylic acids is 1. The van der Waals surface area contributed by atoms with Crippen LogP contribution in [0.25, 0.3) is 11.1 Å². The summed E-state index contributed by atoms with van der Waals surface area (Å²) in [6.07, 6.45) is 7.64. The van der Waals surface area contributed by atoms with Crippen molar-refractivity contribution < 1.29 is 14.3 Å². The molecule has 3 aromatic carbocycles. The lowest BCUT2D eigenvalue weighted by atomic mass is 10.1. The SMILES string of the molecule is CCCCCCCCOc1ccc(-c2ccc(OCc3ccc(C(C)=O)cc3)cc2)cc1. The predicted molar refractivity (Wildman–Crippen MR) is 132 cm³/mol. The standard InChI is InChI=1S/C29H34O3/c1-3-4-5-6-7-8-21-31-28-17-13-26(14-18-28)27-15-19-29(20-16-27)32-22-24-9-11-25(12-10-24)23(2)30/h9-20H,3-8,21-22H2,1-2H3. The van der Waals surface area contributed by atoms with Gasteiger partial charge in [-0.1, -0.05) is 87.6 Å². The number of ketones is 1. The fourth-order valence-electron chi connectivity index (χ4n) is 3.56. The molecule has 0 atom stereocenters. The Hall–Kier alpha value is -3.07. The third-order valence-corrected chi connectivity index (χ3v) is 5.57. The van der Waals surface area contributed by atoms with E-state index in [9.17, 15) is 4.79 Å². The third-order valence-electron chi connectivity index (χ3n) is 5.57.